The lowest BCUT2D eigenvalue weighted by Gasteiger charge is -2.25. The molecule has 4 nitrogen and oxygen atoms in total. The Bertz CT molecular complexity index is 1240. The van der Waals surface area contributed by atoms with Crippen molar-refractivity contribution in [2.75, 3.05) is 4.90 Å². The van der Waals surface area contributed by atoms with E-state index in [9.17, 15) is 4.79 Å². The van der Waals surface area contributed by atoms with Gasteiger partial charge in [-0.15, -0.1) is 0 Å². The summed E-state index contributed by atoms with van der Waals surface area (Å²) >= 11 is 0. The fourth-order valence-corrected chi connectivity index (χ4v) is 3.59. The molecule has 1 aliphatic rings. The largest absolute Gasteiger partial charge is 0.402 e. The van der Waals surface area contributed by atoms with Crippen LogP contribution < -0.4 is 4.90 Å². The molecule has 0 saturated heterocycles. The van der Waals surface area contributed by atoms with Crippen LogP contribution in [0, 0.1) is 0 Å². The van der Waals surface area contributed by atoms with Gasteiger partial charge in [0.25, 0.3) is 0 Å². The van der Waals surface area contributed by atoms with Gasteiger partial charge in [-0.1, -0.05) is 66.7 Å². The molecular weight excluding hydrogens is 396 g/mol. The summed E-state index contributed by atoms with van der Waals surface area (Å²) < 4.78 is 5.34. The molecule has 0 saturated carbocycles. The summed E-state index contributed by atoms with van der Waals surface area (Å²) in [6.07, 6.45) is 1.75. The smallest absolute Gasteiger partial charge is 0.363 e. The predicted octanol–water partition coefficient (Wildman–Crippen LogP) is 6.50. The van der Waals surface area contributed by atoms with Gasteiger partial charge in [-0.05, 0) is 60.2 Å². The van der Waals surface area contributed by atoms with E-state index in [4.69, 9.17) is 4.74 Å². The topological polar surface area (TPSA) is 41.9 Å². The number of nitrogens with zero attached hydrogens (tertiary/aromatic N) is 2. The number of hydrogen-bond acceptors (Lipinski definition) is 4. The molecule has 0 spiro atoms. The number of carbonyl (C=O) groups is 1. The molecular formula is C28H20N2O2. The standard InChI is InChI=1S/C28H20N2O2/c31-28-26(29-27(32-28)22-10-4-1-5-11-22)20-21-16-18-25(19-17-21)30(23-12-6-2-7-13-23)24-14-8-3-9-15-24/h1-20H. The van der Waals surface area contributed by atoms with Gasteiger partial charge in [0.1, 0.15) is 0 Å². The van der Waals surface area contributed by atoms with Crippen molar-refractivity contribution in [2.45, 2.75) is 0 Å². The monoisotopic (exact) mass is 416 g/mol. The van der Waals surface area contributed by atoms with E-state index in [2.05, 4.69) is 34.2 Å². The minimum atomic E-state index is -0.442. The number of benzene rings is 4. The maximum atomic E-state index is 12.3. The third kappa shape index (κ3) is 4.07. The molecule has 1 aliphatic heterocycles. The Morgan fingerprint density at radius 1 is 0.625 bits per heavy atom. The number of carbonyl (C=O) groups excluding carboxylic acids is 1. The number of anilines is 3. The van der Waals surface area contributed by atoms with E-state index in [1.54, 1.807) is 6.08 Å². The van der Waals surface area contributed by atoms with Crippen molar-refractivity contribution in [2.24, 2.45) is 4.99 Å². The molecule has 4 aromatic rings. The van der Waals surface area contributed by atoms with Gasteiger partial charge in [-0.25, -0.2) is 9.79 Å². The molecule has 154 valence electrons. The number of para-hydroxylation sites is 2. The summed E-state index contributed by atoms with van der Waals surface area (Å²) in [6.45, 7) is 0. The van der Waals surface area contributed by atoms with E-state index in [0.29, 0.717) is 11.6 Å². The van der Waals surface area contributed by atoms with Crippen molar-refractivity contribution in [3.05, 3.63) is 132 Å². The van der Waals surface area contributed by atoms with Crippen LogP contribution in [-0.4, -0.2) is 11.9 Å². The molecule has 0 fully saturated rings. The second-order valence-electron chi connectivity index (χ2n) is 7.30. The number of hydrogen-bond donors (Lipinski definition) is 0. The number of esters is 1. The maximum Gasteiger partial charge on any atom is 0.363 e. The average Bonchev–Trinajstić information content (AvgIpc) is 3.22. The van der Waals surface area contributed by atoms with Crippen LogP contribution in [0.25, 0.3) is 6.08 Å². The van der Waals surface area contributed by atoms with Crippen LogP contribution >= 0.6 is 0 Å². The third-order valence-corrected chi connectivity index (χ3v) is 5.12. The first kappa shape index (κ1) is 19.5. The van der Waals surface area contributed by atoms with Gasteiger partial charge in [0, 0.05) is 22.6 Å². The third-order valence-electron chi connectivity index (χ3n) is 5.12. The summed E-state index contributed by atoms with van der Waals surface area (Å²) in [5.74, 6) is -0.110. The molecule has 32 heavy (non-hydrogen) atoms. The van der Waals surface area contributed by atoms with Gasteiger partial charge in [-0.2, -0.15) is 0 Å². The van der Waals surface area contributed by atoms with Crippen LogP contribution in [0.4, 0.5) is 17.1 Å². The van der Waals surface area contributed by atoms with Gasteiger partial charge >= 0.3 is 5.97 Å². The molecule has 5 rings (SSSR count). The minimum Gasteiger partial charge on any atom is -0.402 e. The lowest BCUT2D eigenvalue weighted by atomic mass is 10.1. The minimum absolute atomic E-state index is 0.291. The number of aliphatic imine (C=N–C) groups is 1. The molecule has 0 aliphatic carbocycles. The van der Waals surface area contributed by atoms with E-state index >= 15 is 0 Å². The number of rotatable bonds is 5. The van der Waals surface area contributed by atoms with Gasteiger partial charge in [0.2, 0.25) is 5.90 Å². The van der Waals surface area contributed by atoms with E-state index in [1.807, 2.05) is 91.0 Å². The lowest BCUT2D eigenvalue weighted by Crippen LogP contribution is -2.09. The van der Waals surface area contributed by atoms with Crippen LogP contribution in [0.2, 0.25) is 0 Å². The van der Waals surface area contributed by atoms with Crippen molar-refractivity contribution in [3.63, 3.8) is 0 Å². The summed E-state index contributed by atoms with van der Waals surface area (Å²) in [7, 11) is 0. The van der Waals surface area contributed by atoms with Gasteiger partial charge in [0.15, 0.2) is 5.70 Å². The van der Waals surface area contributed by atoms with Crippen LogP contribution in [0.15, 0.2) is 126 Å². The zero-order valence-electron chi connectivity index (χ0n) is 17.3. The van der Waals surface area contributed by atoms with Crippen molar-refractivity contribution in [1.82, 2.24) is 0 Å². The highest BCUT2D eigenvalue weighted by Crippen LogP contribution is 2.34. The Balaban J connectivity index is 1.45. The maximum absolute atomic E-state index is 12.3. The Morgan fingerprint density at radius 3 is 1.69 bits per heavy atom. The van der Waals surface area contributed by atoms with Crippen molar-refractivity contribution >= 4 is 35.0 Å². The summed E-state index contributed by atoms with van der Waals surface area (Å²) in [6, 6.07) is 37.9. The Hall–Kier alpha value is -4.44. The summed E-state index contributed by atoms with van der Waals surface area (Å²) in [4.78, 5) is 18.9. The van der Waals surface area contributed by atoms with Crippen LogP contribution in [0.3, 0.4) is 0 Å². The van der Waals surface area contributed by atoms with Crippen LogP contribution in [-0.2, 0) is 9.53 Å². The Kier molecular flexibility index (Phi) is 5.33. The highest BCUT2D eigenvalue weighted by Gasteiger charge is 2.24. The van der Waals surface area contributed by atoms with Crippen LogP contribution in [0.5, 0.6) is 0 Å². The van der Waals surface area contributed by atoms with Crippen molar-refractivity contribution in [3.8, 4) is 0 Å². The molecule has 0 amide bonds. The molecule has 1 heterocycles. The quantitative estimate of drug-likeness (QED) is 0.275. The van der Waals surface area contributed by atoms with E-state index in [1.165, 1.54) is 0 Å². The van der Waals surface area contributed by atoms with E-state index < -0.39 is 5.97 Å². The molecule has 0 aromatic heterocycles. The predicted molar refractivity (Wildman–Crippen MR) is 128 cm³/mol. The fraction of sp³-hybridized carbons (Fsp3) is 0. The molecule has 0 atom stereocenters. The highest BCUT2D eigenvalue weighted by atomic mass is 16.6. The number of ether oxygens (including phenoxy) is 1. The Labute approximate surface area is 186 Å². The van der Waals surface area contributed by atoms with Crippen molar-refractivity contribution in [1.29, 1.82) is 0 Å². The first-order valence-corrected chi connectivity index (χ1v) is 10.4. The second-order valence-corrected chi connectivity index (χ2v) is 7.30. The summed E-state index contributed by atoms with van der Waals surface area (Å²) in [5, 5.41) is 0. The SMILES string of the molecule is O=C1OC(c2ccccc2)=NC1=Cc1ccc(N(c2ccccc2)c2ccccc2)cc1. The van der Waals surface area contributed by atoms with E-state index in [0.717, 1.165) is 28.2 Å². The van der Waals surface area contributed by atoms with E-state index in [-0.39, 0.29) is 0 Å². The molecule has 4 heteroatoms. The molecule has 4 aromatic carbocycles. The first-order valence-electron chi connectivity index (χ1n) is 10.4. The van der Waals surface area contributed by atoms with Crippen molar-refractivity contribution < 1.29 is 9.53 Å². The second kappa shape index (κ2) is 8.74. The van der Waals surface area contributed by atoms with Gasteiger partial charge < -0.3 is 9.64 Å². The average molecular weight is 416 g/mol. The van der Waals surface area contributed by atoms with Gasteiger partial charge in [-0.3, -0.25) is 0 Å². The zero-order valence-corrected chi connectivity index (χ0v) is 17.3. The fourth-order valence-electron chi connectivity index (χ4n) is 3.59. The zero-order chi connectivity index (χ0) is 21.8. The normalized spacial score (nSPS) is 14.2. The first-order chi connectivity index (χ1) is 15.8. The lowest BCUT2D eigenvalue weighted by molar-refractivity contribution is -0.129. The molecule has 0 unspecified atom stereocenters. The summed E-state index contributed by atoms with van der Waals surface area (Å²) in [5.41, 5.74) is 5.11. The molecule has 0 radical (unpaired) electrons. The van der Waals surface area contributed by atoms with Gasteiger partial charge in [0.05, 0.1) is 0 Å². The Morgan fingerprint density at radius 2 is 1.12 bits per heavy atom. The number of cyclic esters (lactones) is 1. The van der Waals surface area contributed by atoms with Crippen LogP contribution in [0.1, 0.15) is 11.1 Å². The highest BCUT2D eigenvalue weighted by molar-refractivity contribution is 6.12. The molecule has 0 bridgehead atoms. The molecule has 0 N–H and O–H groups in total.